The summed E-state index contributed by atoms with van der Waals surface area (Å²) in [6, 6.07) is 2.62. The number of hydrogen-bond acceptors (Lipinski definition) is 8. The molecule has 0 fully saturated rings. The molecule has 0 aliphatic rings. The molecule has 2 unspecified atom stereocenters. The Labute approximate surface area is 314 Å². The molecule has 1 aromatic carbocycles. The van der Waals surface area contributed by atoms with E-state index in [2.05, 4.69) is 59.2 Å². The number of carbonyl (C=O) groups excluding carboxylic acids is 6. The van der Waals surface area contributed by atoms with Gasteiger partial charge in [-0.05, 0) is 35.7 Å². The first kappa shape index (κ1) is 46.5. The molecule has 15 heteroatoms. The Morgan fingerprint density at radius 3 is 1.64 bits per heavy atom. The number of primary amides is 1. The van der Waals surface area contributed by atoms with Gasteiger partial charge in [-0.15, -0.1) is 0 Å². The van der Waals surface area contributed by atoms with Gasteiger partial charge in [0.05, 0.1) is 13.0 Å². The van der Waals surface area contributed by atoms with Gasteiger partial charge in [-0.1, -0.05) is 99.1 Å². The van der Waals surface area contributed by atoms with Crippen molar-refractivity contribution in [2.24, 2.45) is 29.4 Å². The first-order valence-corrected chi connectivity index (χ1v) is 18.6. The SMILES string of the molecule is CCC(NC(=O)[C@H](CC(N)=O)NC(=O)[C@H](Cc1ccccc1)NC(=O)[C@@H](NC(=O)[C@@H](NC(=O)CN(CC(C)C)CC(C)C)C(C)C)C(C)CC)C(=O)O. The van der Waals surface area contributed by atoms with Gasteiger partial charge in [0.25, 0.3) is 0 Å². The number of aliphatic carboxylic acids is 1. The normalized spacial score (nSPS) is 14.8. The molecule has 0 saturated carbocycles. The Bertz CT molecular complexity index is 1360. The minimum Gasteiger partial charge on any atom is -0.480 e. The number of nitrogens with zero attached hydrogens (tertiary/aromatic N) is 1. The van der Waals surface area contributed by atoms with Gasteiger partial charge < -0.3 is 37.4 Å². The standard InChI is InChI=1S/C38H63N7O8/c1-10-25(9)33(44-36(50)32(24(7)8)43-31(47)21-45(19-22(3)4)20-23(5)6)37(51)42-28(17-26-15-13-12-14-16-26)34(48)41-29(18-30(39)46)35(49)40-27(11-2)38(52)53/h12-16,22-25,27-29,32-33H,10-11,17-21H2,1-9H3,(H2,39,46)(H,40,49)(H,41,48)(H,42,51)(H,43,47)(H,44,50)(H,52,53)/t25?,27?,28-,29-,32-,33-/m0/s1. The zero-order valence-electron chi connectivity index (χ0n) is 32.9. The van der Waals surface area contributed by atoms with E-state index < -0.39 is 78.1 Å². The van der Waals surface area contributed by atoms with Crippen LogP contribution in [-0.4, -0.2) is 101 Å². The minimum atomic E-state index is -1.53. The summed E-state index contributed by atoms with van der Waals surface area (Å²) in [5.41, 5.74) is 6.02. The lowest BCUT2D eigenvalue weighted by Gasteiger charge is -2.30. The number of carbonyl (C=O) groups is 7. The second kappa shape index (κ2) is 23.2. The highest BCUT2D eigenvalue weighted by Gasteiger charge is 2.35. The van der Waals surface area contributed by atoms with Crippen molar-refractivity contribution in [3.63, 3.8) is 0 Å². The van der Waals surface area contributed by atoms with Crippen LogP contribution in [-0.2, 0) is 40.0 Å². The van der Waals surface area contributed by atoms with Crippen LogP contribution in [0.2, 0.25) is 0 Å². The number of nitrogens with two attached hydrogens (primary N) is 1. The Hall–Kier alpha value is -4.53. The average Bonchev–Trinajstić information content (AvgIpc) is 3.06. The smallest absolute Gasteiger partial charge is 0.326 e. The third kappa shape index (κ3) is 17.2. The lowest BCUT2D eigenvalue weighted by Crippen LogP contribution is -2.61. The van der Waals surface area contributed by atoms with Gasteiger partial charge in [-0.2, -0.15) is 0 Å². The maximum Gasteiger partial charge on any atom is 0.326 e. The molecule has 0 saturated heterocycles. The molecule has 1 aromatic rings. The molecule has 15 nitrogen and oxygen atoms in total. The van der Waals surface area contributed by atoms with E-state index in [1.165, 1.54) is 0 Å². The molecule has 0 aromatic heterocycles. The molecular weight excluding hydrogens is 682 g/mol. The Kier molecular flexibility index (Phi) is 20.4. The van der Waals surface area contributed by atoms with Gasteiger partial charge in [0.1, 0.15) is 30.2 Å². The van der Waals surface area contributed by atoms with Crippen molar-refractivity contribution in [2.75, 3.05) is 19.6 Å². The van der Waals surface area contributed by atoms with Crippen LogP contribution in [0.5, 0.6) is 0 Å². The molecule has 6 atom stereocenters. The number of hydrogen-bond donors (Lipinski definition) is 7. The van der Waals surface area contributed by atoms with Crippen molar-refractivity contribution in [3.05, 3.63) is 35.9 Å². The monoisotopic (exact) mass is 745 g/mol. The van der Waals surface area contributed by atoms with Crippen LogP contribution < -0.4 is 32.3 Å². The average molecular weight is 746 g/mol. The predicted molar refractivity (Wildman–Crippen MR) is 202 cm³/mol. The second-order valence-electron chi connectivity index (χ2n) is 14.9. The molecule has 0 bridgehead atoms. The van der Waals surface area contributed by atoms with Crippen LogP contribution in [0.25, 0.3) is 0 Å². The van der Waals surface area contributed by atoms with Crippen molar-refractivity contribution in [1.82, 2.24) is 31.5 Å². The van der Waals surface area contributed by atoms with Gasteiger partial charge in [-0.25, -0.2) is 4.79 Å². The van der Waals surface area contributed by atoms with E-state index in [1.807, 2.05) is 6.92 Å². The molecule has 1 rings (SSSR count). The van der Waals surface area contributed by atoms with Gasteiger partial charge in [-0.3, -0.25) is 33.7 Å². The van der Waals surface area contributed by atoms with Crippen LogP contribution in [0.1, 0.15) is 87.1 Å². The largest absolute Gasteiger partial charge is 0.480 e. The summed E-state index contributed by atoms with van der Waals surface area (Å²) in [5.74, 6) is -5.56. The summed E-state index contributed by atoms with van der Waals surface area (Å²) in [6.07, 6.45) is -0.121. The maximum atomic E-state index is 14.0. The molecule has 0 heterocycles. The highest BCUT2D eigenvalue weighted by Crippen LogP contribution is 2.13. The van der Waals surface area contributed by atoms with Gasteiger partial charge in [0.15, 0.2) is 0 Å². The van der Waals surface area contributed by atoms with Crippen molar-refractivity contribution in [2.45, 2.75) is 118 Å². The second-order valence-corrected chi connectivity index (χ2v) is 14.9. The van der Waals surface area contributed by atoms with Crippen LogP contribution in [0.4, 0.5) is 0 Å². The molecule has 298 valence electrons. The van der Waals surface area contributed by atoms with E-state index in [0.717, 1.165) is 0 Å². The van der Waals surface area contributed by atoms with Crippen molar-refractivity contribution in [3.8, 4) is 0 Å². The molecular formula is C38H63N7O8. The molecule has 0 radical (unpaired) electrons. The molecule has 0 aliphatic carbocycles. The number of amides is 6. The topological polar surface area (TPSA) is 229 Å². The zero-order valence-corrected chi connectivity index (χ0v) is 32.9. The van der Waals surface area contributed by atoms with E-state index in [1.54, 1.807) is 58.0 Å². The Balaban J connectivity index is 3.34. The fraction of sp³-hybridized carbons (Fsp3) is 0.658. The summed E-state index contributed by atoms with van der Waals surface area (Å²) in [7, 11) is 0. The lowest BCUT2D eigenvalue weighted by molar-refractivity contribution is -0.142. The molecule has 0 spiro atoms. The van der Waals surface area contributed by atoms with Crippen LogP contribution in [0, 0.1) is 23.7 Å². The van der Waals surface area contributed by atoms with Crippen LogP contribution in [0.3, 0.4) is 0 Å². The Morgan fingerprint density at radius 1 is 0.660 bits per heavy atom. The Morgan fingerprint density at radius 2 is 1.17 bits per heavy atom. The highest BCUT2D eigenvalue weighted by molar-refractivity contribution is 5.97. The van der Waals surface area contributed by atoms with E-state index >= 15 is 0 Å². The zero-order chi connectivity index (χ0) is 40.4. The van der Waals surface area contributed by atoms with Gasteiger partial charge in [0, 0.05) is 19.5 Å². The first-order chi connectivity index (χ1) is 24.8. The molecule has 0 aliphatic heterocycles. The third-order valence-corrected chi connectivity index (χ3v) is 8.65. The number of carboxylic acid groups (broad SMARTS) is 1. The lowest BCUT2D eigenvalue weighted by atomic mass is 9.95. The van der Waals surface area contributed by atoms with Crippen molar-refractivity contribution < 1.29 is 38.7 Å². The summed E-state index contributed by atoms with van der Waals surface area (Å²) in [5, 5.41) is 22.6. The van der Waals surface area contributed by atoms with E-state index in [9.17, 15) is 38.7 Å². The van der Waals surface area contributed by atoms with E-state index in [-0.39, 0.29) is 31.2 Å². The number of nitrogens with one attached hydrogen (secondary N) is 5. The molecule has 6 amide bonds. The maximum absolute atomic E-state index is 14.0. The summed E-state index contributed by atoms with van der Waals surface area (Å²) in [4.78, 5) is 93.2. The van der Waals surface area contributed by atoms with Crippen molar-refractivity contribution >= 4 is 41.4 Å². The quantitative estimate of drug-likeness (QED) is 0.0809. The predicted octanol–water partition coefficient (Wildman–Crippen LogP) is 1.34. The highest BCUT2D eigenvalue weighted by atomic mass is 16.4. The fourth-order valence-electron chi connectivity index (χ4n) is 5.75. The first-order valence-electron chi connectivity index (χ1n) is 18.6. The molecule has 53 heavy (non-hydrogen) atoms. The number of benzene rings is 1. The van der Waals surface area contributed by atoms with Gasteiger partial charge in [0.2, 0.25) is 35.4 Å². The minimum absolute atomic E-state index is 0.0227. The van der Waals surface area contributed by atoms with Crippen LogP contribution in [0.15, 0.2) is 30.3 Å². The van der Waals surface area contributed by atoms with Crippen LogP contribution >= 0.6 is 0 Å². The number of rotatable bonds is 24. The van der Waals surface area contributed by atoms with E-state index in [4.69, 9.17) is 5.73 Å². The number of carboxylic acids is 1. The summed E-state index contributed by atoms with van der Waals surface area (Å²) in [6.45, 7) is 18.6. The van der Waals surface area contributed by atoms with Gasteiger partial charge >= 0.3 is 5.97 Å². The van der Waals surface area contributed by atoms with E-state index in [0.29, 0.717) is 36.9 Å². The fourth-order valence-corrected chi connectivity index (χ4v) is 5.75. The summed E-state index contributed by atoms with van der Waals surface area (Å²) >= 11 is 0. The third-order valence-electron chi connectivity index (χ3n) is 8.65. The summed E-state index contributed by atoms with van der Waals surface area (Å²) < 4.78 is 0. The molecule has 8 N–H and O–H groups in total. The van der Waals surface area contributed by atoms with Crippen molar-refractivity contribution in [1.29, 1.82) is 0 Å².